The number of anilines is 2. The molecule has 2 N–H and O–H groups in total. The molecule has 148 valence electrons. The predicted octanol–water partition coefficient (Wildman–Crippen LogP) is 3.17. The van der Waals surface area contributed by atoms with Gasteiger partial charge in [-0.15, -0.1) is 0 Å². The number of hydrogen-bond acceptors (Lipinski definition) is 6. The molecule has 0 radical (unpaired) electrons. The summed E-state index contributed by atoms with van der Waals surface area (Å²) in [5, 5.41) is 20.7. The van der Waals surface area contributed by atoms with Crippen LogP contribution in [-0.2, 0) is 4.79 Å². The van der Waals surface area contributed by atoms with E-state index in [0.29, 0.717) is 17.8 Å². The van der Waals surface area contributed by atoms with Crippen molar-refractivity contribution in [3.05, 3.63) is 70.8 Å². The highest BCUT2D eigenvalue weighted by Crippen LogP contribution is 2.24. The van der Waals surface area contributed by atoms with Crippen LogP contribution in [-0.4, -0.2) is 31.5 Å². The molecular formula is C19H18N6O4. The van der Waals surface area contributed by atoms with Gasteiger partial charge in [-0.25, -0.2) is 9.67 Å². The molecule has 0 aliphatic heterocycles. The van der Waals surface area contributed by atoms with Crippen molar-refractivity contribution in [3.63, 3.8) is 0 Å². The van der Waals surface area contributed by atoms with Gasteiger partial charge >= 0.3 is 0 Å². The zero-order valence-corrected chi connectivity index (χ0v) is 15.5. The fourth-order valence-electron chi connectivity index (χ4n) is 2.67. The summed E-state index contributed by atoms with van der Waals surface area (Å²) in [5.74, 6) is -0.634. The van der Waals surface area contributed by atoms with Gasteiger partial charge in [-0.3, -0.25) is 19.7 Å². The average molecular weight is 394 g/mol. The molecule has 0 atom stereocenters. The van der Waals surface area contributed by atoms with E-state index in [4.69, 9.17) is 0 Å². The van der Waals surface area contributed by atoms with Crippen molar-refractivity contribution >= 4 is 28.9 Å². The zero-order chi connectivity index (χ0) is 20.8. The van der Waals surface area contributed by atoms with Gasteiger partial charge in [-0.1, -0.05) is 13.0 Å². The van der Waals surface area contributed by atoms with Crippen LogP contribution < -0.4 is 10.6 Å². The molecule has 0 aliphatic rings. The Morgan fingerprint density at radius 2 is 1.90 bits per heavy atom. The molecule has 0 saturated carbocycles. The van der Waals surface area contributed by atoms with Crippen molar-refractivity contribution in [3.8, 4) is 5.69 Å². The van der Waals surface area contributed by atoms with E-state index in [0.717, 1.165) is 6.42 Å². The Morgan fingerprint density at radius 1 is 1.14 bits per heavy atom. The van der Waals surface area contributed by atoms with Gasteiger partial charge in [0.05, 0.1) is 4.92 Å². The Hall–Kier alpha value is -4.08. The minimum atomic E-state index is -0.586. The summed E-state index contributed by atoms with van der Waals surface area (Å²) in [6.45, 7) is 1.91. The molecule has 10 heteroatoms. The topological polar surface area (TPSA) is 132 Å². The van der Waals surface area contributed by atoms with Crippen LogP contribution in [0.2, 0.25) is 0 Å². The van der Waals surface area contributed by atoms with Gasteiger partial charge < -0.3 is 10.6 Å². The molecule has 10 nitrogen and oxygen atoms in total. The standard InChI is InChI=1S/C19H18N6O4/c1-2-4-18(26)22-14-5-3-6-15(10-14)23-19(27)13-7-8-16(17(9-13)25(28)29)24-12-20-11-21-24/h3,5-12H,2,4H2,1H3,(H,22,26)(H,23,27). The van der Waals surface area contributed by atoms with Crippen LogP contribution in [0.5, 0.6) is 0 Å². The lowest BCUT2D eigenvalue weighted by molar-refractivity contribution is -0.384. The fraction of sp³-hybridized carbons (Fsp3) is 0.158. The molecule has 3 aromatic rings. The van der Waals surface area contributed by atoms with Crippen LogP contribution in [0, 0.1) is 10.1 Å². The summed E-state index contributed by atoms with van der Waals surface area (Å²) >= 11 is 0. The summed E-state index contributed by atoms with van der Waals surface area (Å²) < 4.78 is 1.25. The first-order chi connectivity index (χ1) is 14.0. The molecule has 29 heavy (non-hydrogen) atoms. The van der Waals surface area contributed by atoms with Crippen LogP contribution in [0.3, 0.4) is 0 Å². The molecule has 0 fully saturated rings. The highest BCUT2D eigenvalue weighted by Gasteiger charge is 2.19. The monoisotopic (exact) mass is 394 g/mol. The third kappa shape index (κ3) is 4.80. The van der Waals surface area contributed by atoms with Gasteiger partial charge in [0.2, 0.25) is 5.91 Å². The molecule has 0 unspecified atom stereocenters. The number of nitrogens with one attached hydrogen (secondary N) is 2. The van der Waals surface area contributed by atoms with Crippen LogP contribution in [0.1, 0.15) is 30.1 Å². The number of carbonyl (C=O) groups is 2. The van der Waals surface area contributed by atoms with Gasteiger partial charge in [-0.05, 0) is 36.8 Å². The minimum Gasteiger partial charge on any atom is -0.326 e. The van der Waals surface area contributed by atoms with E-state index in [1.165, 1.54) is 35.5 Å². The van der Waals surface area contributed by atoms with Crippen LogP contribution >= 0.6 is 0 Å². The van der Waals surface area contributed by atoms with Gasteiger partial charge in [0, 0.05) is 29.4 Å². The second-order valence-corrected chi connectivity index (χ2v) is 6.13. The molecular weight excluding hydrogens is 376 g/mol. The Kier molecular flexibility index (Phi) is 5.93. The van der Waals surface area contributed by atoms with Crippen molar-refractivity contribution < 1.29 is 14.5 Å². The highest BCUT2D eigenvalue weighted by atomic mass is 16.6. The summed E-state index contributed by atoms with van der Waals surface area (Å²) in [5.41, 5.74) is 1.04. The fourth-order valence-corrected chi connectivity index (χ4v) is 2.67. The Bertz CT molecular complexity index is 1050. The number of benzene rings is 2. The largest absolute Gasteiger partial charge is 0.326 e. The summed E-state index contributed by atoms with van der Waals surface area (Å²) in [4.78, 5) is 38.9. The van der Waals surface area contributed by atoms with E-state index >= 15 is 0 Å². The van der Waals surface area contributed by atoms with Gasteiger partial charge in [0.1, 0.15) is 18.3 Å². The number of nitrogens with zero attached hydrogens (tertiary/aromatic N) is 4. The molecule has 0 saturated heterocycles. The number of nitro benzene ring substituents is 1. The van der Waals surface area contributed by atoms with Gasteiger partial charge in [0.15, 0.2) is 0 Å². The lowest BCUT2D eigenvalue weighted by Gasteiger charge is -2.09. The molecule has 0 aliphatic carbocycles. The van der Waals surface area contributed by atoms with E-state index in [1.807, 2.05) is 6.92 Å². The molecule has 2 amide bonds. The van der Waals surface area contributed by atoms with Crippen molar-refractivity contribution in [2.24, 2.45) is 0 Å². The molecule has 1 heterocycles. The van der Waals surface area contributed by atoms with E-state index in [-0.39, 0.29) is 22.8 Å². The smallest absolute Gasteiger partial charge is 0.295 e. The highest BCUT2D eigenvalue weighted by molar-refractivity contribution is 6.05. The lowest BCUT2D eigenvalue weighted by atomic mass is 10.1. The van der Waals surface area contributed by atoms with Crippen molar-refractivity contribution in [2.75, 3.05) is 10.6 Å². The SMILES string of the molecule is CCCC(=O)Nc1cccc(NC(=O)c2ccc(-n3cncn3)c([N+](=O)[O-])c2)c1. The van der Waals surface area contributed by atoms with E-state index in [9.17, 15) is 19.7 Å². The van der Waals surface area contributed by atoms with Crippen LogP contribution in [0.4, 0.5) is 17.1 Å². The van der Waals surface area contributed by atoms with Crippen LogP contribution in [0.15, 0.2) is 55.1 Å². The Morgan fingerprint density at radius 3 is 2.55 bits per heavy atom. The second kappa shape index (κ2) is 8.74. The normalized spacial score (nSPS) is 10.4. The molecule has 3 rings (SSSR count). The molecule has 2 aromatic carbocycles. The Balaban J connectivity index is 1.80. The molecule has 1 aromatic heterocycles. The van der Waals surface area contributed by atoms with Gasteiger partial charge in [0.25, 0.3) is 11.6 Å². The van der Waals surface area contributed by atoms with Crippen molar-refractivity contribution in [1.82, 2.24) is 14.8 Å². The van der Waals surface area contributed by atoms with Crippen molar-refractivity contribution in [2.45, 2.75) is 19.8 Å². The third-order valence-electron chi connectivity index (χ3n) is 3.98. The molecule has 0 bridgehead atoms. The second-order valence-electron chi connectivity index (χ2n) is 6.13. The molecule has 0 spiro atoms. The first-order valence-electron chi connectivity index (χ1n) is 8.82. The minimum absolute atomic E-state index is 0.112. The lowest BCUT2D eigenvalue weighted by Crippen LogP contribution is -2.14. The van der Waals surface area contributed by atoms with Crippen molar-refractivity contribution in [1.29, 1.82) is 0 Å². The maximum Gasteiger partial charge on any atom is 0.295 e. The number of hydrogen-bond donors (Lipinski definition) is 2. The number of amides is 2. The Labute approximate surface area is 165 Å². The predicted molar refractivity (Wildman–Crippen MR) is 106 cm³/mol. The summed E-state index contributed by atoms with van der Waals surface area (Å²) in [6, 6.07) is 10.7. The number of rotatable bonds is 7. The van der Waals surface area contributed by atoms with E-state index < -0.39 is 10.8 Å². The first-order valence-corrected chi connectivity index (χ1v) is 8.82. The van der Waals surface area contributed by atoms with Crippen LogP contribution in [0.25, 0.3) is 5.69 Å². The maximum atomic E-state index is 12.6. The maximum absolute atomic E-state index is 12.6. The number of nitro groups is 1. The van der Waals surface area contributed by atoms with E-state index in [2.05, 4.69) is 20.7 Å². The average Bonchev–Trinajstić information content (AvgIpc) is 3.22. The zero-order valence-electron chi connectivity index (χ0n) is 15.5. The quantitative estimate of drug-likeness (QED) is 0.467. The summed E-state index contributed by atoms with van der Waals surface area (Å²) in [6.07, 6.45) is 3.72. The summed E-state index contributed by atoms with van der Waals surface area (Å²) in [7, 11) is 0. The number of carbonyl (C=O) groups excluding carboxylic acids is 2. The third-order valence-corrected chi connectivity index (χ3v) is 3.98. The van der Waals surface area contributed by atoms with Gasteiger partial charge in [-0.2, -0.15) is 5.10 Å². The first kappa shape index (κ1) is 19.7. The number of aromatic nitrogens is 3. The van der Waals surface area contributed by atoms with E-state index in [1.54, 1.807) is 24.3 Å².